The molecule has 1 atom stereocenters. The van der Waals surface area contributed by atoms with Crippen molar-refractivity contribution in [2.75, 3.05) is 13.7 Å². The molecule has 1 unspecified atom stereocenters. The van der Waals surface area contributed by atoms with Gasteiger partial charge < -0.3 is 14.8 Å². The Kier molecular flexibility index (Phi) is 8.08. The lowest BCUT2D eigenvalue weighted by atomic mass is 10.0. The molecule has 0 spiro atoms. The smallest absolute Gasteiger partial charge is 0.130 e. The SMILES string of the molecule is C=CCC(OC)c1cccc(Oc2cc(C)c(CN=CNCC)cc2C)c1. The topological polar surface area (TPSA) is 42.9 Å². The number of aryl methyl sites for hydroxylation is 2. The van der Waals surface area contributed by atoms with Gasteiger partial charge in [0.2, 0.25) is 0 Å². The van der Waals surface area contributed by atoms with E-state index < -0.39 is 0 Å². The van der Waals surface area contributed by atoms with Gasteiger partial charge in [-0.1, -0.05) is 24.3 Å². The highest BCUT2D eigenvalue weighted by Crippen LogP contribution is 2.31. The standard InChI is InChI=1S/C23H30N2O2/c1-6-9-22(26-5)19-10-8-11-21(14-19)27-23-13-17(3)20(12-18(23)4)15-25-16-24-7-2/h6,8,10-14,16,22H,1,7,9,15H2,2-5H3,(H,24,25). The molecular weight excluding hydrogens is 336 g/mol. The highest BCUT2D eigenvalue weighted by atomic mass is 16.5. The summed E-state index contributed by atoms with van der Waals surface area (Å²) in [5, 5.41) is 3.09. The third-order valence-electron chi connectivity index (χ3n) is 4.40. The number of benzene rings is 2. The molecule has 0 bridgehead atoms. The van der Waals surface area contributed by atoms with Crippen molar-refractivity contribution < 1.29 is 9.47 Å². The zero-order valence-corrected chi connectivity index (χ0v) is 16.8. The van der Waals surface area contributed by atoms with E-state index in [9.17, 15) is 0 Å². The zero-order chi connectivity index (χ0) is 19.6. The summed E-state index contributed by atoms with van der Waals surface area (Å²) < 4.78 is 11.7. The molecule has 2 rings (SSSR count). The molecule has 0 saturated carbocycles. The van der Waals surface area contributed by atoms with Crippen LogP contribution in [0, 0.1) is 13.8 Å². The normalized spacial score (nSPS) is 12.1. The molecule has 0 fully saturated rings. The Morgan fingerprint density at radius 2 is 2.00 bits per heavy atom. The van der Waals surface area contributed by atoms with Crippen LogP contribution in [0.5, 0.6) is 11.5 Å². The van der Waals surface area contributed by atoms with Crippen molar-refractivity contribution in [2.45, 2.75) is 39.8 Å². The van der Waals surface area contributed by atoms with Gasteiger partial charge in [0, 0.05) is 13.7 Å². The Hall–Kier alpha value is -2.59. The van der Waals surface area contributed by atoms with Crippen LogP contribution in [0.15, 0.2) is 54.0 Å². The summed E-state index contributed by atoms with van der Waals surface area (Å²) in [5.74, 6) is 1.67. The fourth-order valence-electron chi connectivity index (χ4n) is 2.85. The molecule has 0 aliphatic rings. The van der Waals surface area contributed by atoms with Crippen LogP contribution in [-0.2, 0) is 11.3 Å². The van der Waals surface area contributed by atoms with E-state index in [1.165, 1.54) is 11.1 Å². The first-order valence-electron chi connectivity index (χ1n) is 9.32. The van der Waals surface area contributed by atoms with Crippen LogP contribution in [0.25, 0.3) is 0 Å². The molecule has 0 amide bonds. The van der Waals surface area contributed by atoms with E-state index in [1.807, 2.05) is 30.3 Å². The summed E-state index contributed by atoms with van der Waals surface area (Å²) in [5.41, 5.74) is 4.54. The molecule has 4 heteroatoms. The van der Waals surface area contributed by atoms with Crippen molar-refractivity contribution >= 4 is 6.34 Å². The van der Waals surface area contributed by atoms with Crippen LogP contribution < -0.4 is 10.1 Å². The van der Waals surface area contributed by atoms with Gasteiger partial charge in [0.1, 0.15) is 11.5 Å². The van der Waals surface area contributed by atoms with Crippen LogP contribution in [0.1, 0.15) is 41.7 Å². The van der Waals surface area contributed by atoms with E-state index in [-0.39, 0.29) is 6.10 Å². The van der Waals surface area contributed by atoms with Gasteiger partial charge in [-0.2, -0.15) is 0 Å². The number of methoxy groups -OCH3 is 1. The van der Waals surface area contributed by atoms with Crippen molar-refractivity contribution in [3.63, 3.8) is 0 Å². The molecule has 144 valence electrons. The Bertz CT molecular complexity index is 784. The minimum atomic E-state index is -0.00847. The molecule has 0 saturated heterocycles. The Morgan fingerprint density at radius 3 is 2.70 bits per heavy atom. The fraction of sp³-hybridized carbons (Fsp3) is 0.348. The number of hydrogen-bond acceptors (Lipinski definition) is 3. The lowest BCUT2D eigenvalue weighted by Gasteiger charge is -2.16. The number of nitrogens with one attached hydrogen (secondary N) is 1. The number of hydrogen-bond donors (Lipinski definition) is 1. The van der Waals surface area contributed by atoms with E-state index in [0.29, 0.717) is 6.54 Å². The van der Waals surface area contributed by atoms with Gasteiger partial charge in [0.15, 0.2) is 0 Å². The Balaban J connectivity index is 2.17. The van der Waals surface area contributed by atoms with Crippen LogP contribution in [0.4, 0.5) is 0 Å². The van der Waals surface area contributed by atoms with Gasteiger partial charge in [-0.05, 0) is 67.6 Å². The molecule has 0 aliphatic heterocycles. The number of rotatable bonds is 10. The van der Waals surface area contributed by atoms with E-state index in [1.54, 1.807) is 13.4 Å². The lowest BCUT2D eigenvalue weighted by molar-refractivity contribution is 0.106. The van der Waals surface area contributed by atoms with Crippen molar-refractivity contribution in [3.8, 4) is 11.5 Å². The Morgan fingerprint density at radius 1 is 1.19 bits per heavy atom. The molecule has 0 aromatic heterocycles. The maximum Gasteiger partial charge on any atom is 0.130 e. The van der Waals surface area contributed by atoms with E-state index in [2.05, 4.69) is 49.8 Å². The maximum atomic E-state index is 6.17. The third-order valence-corrected chi connectivity index (χ3v) is 4.40. The minimum absolute atomic E-state index is 0.00847. The minimum Gasteiger partial charge on any atom is -0.457 e. The van der Waals surface area contributed by atoms with E-state index in [4.69, 9.17) is 9.47 Å². The van der Waals surface area contributed by atoms with Gasteiger partial charge in [0.05, 0.1) is 19.0 Å². The van der Waals surface area contributed by atoms with Crippen LogP contribution in [0.2, 0.25) is 0 Å². The molecule has 1 N–H and O–H groups in total. The third kappa shape index (κ3) is 5.97. The van der Waals surface area contributed by atoms with Crippen LogP contribution >= 0.6 is 0 Å². The predicted octanol–water partition coefficient (Wildman–Crippen LogP) is 5.50. The number of aliphatic imine (C=N–C) groups is 1. The summed E-state index contributed by atoms with van der Waals surface area (Å²) in [6.07, 6.45) is 4.39. The van der Waals surface area contributed by atoms with Crippen molar-refractivity contribution in [2.24, 2.45) is 4.99 Å². The Labute approximate surface area is 162 Å². The van der Waals surface area contributed by atoms with Crippen molar-refractivity contribution in [1.82, 2.24) is 5.32 Å². The summed E-state index contributed by atoms with van der Waals surface area (Å²) in [6, 6.07) is 12.3. The first kappa shape index (κ1) is 20.7. The first-order valence-corrected chi connectivity index (χ1v) is 9.32. The predicted molar refractivity (Wildman–Crippen MR) is 113 cm³/mol. The average molecular weight is 367 g/mol. The molecule has 27 heavy (non-hydrogen) atoms. The summed E-state index contributed by atoms with van der Waals surface area (Å²) in [6.45, 7) is 11.5. The summed E-state index contributed by atoms with van der Waals surface area (Å²) in [4.78, 5) is 4.41. The molecule has 2 aromatic rings. The first-order chi connectivity index (χ1) is 13.1. The molecule has 0 radical (unpaired) electrons. The number of ether oxygens (including phenoxy) is 2. The highest BCUT2D eigenvalue weighted by molar-refractivity contribution is 5.54. The monoisotopic (exact) mass is 366 g/mol. The molecule has 4 nitrogen and oxygen atoms in total. The zero-order valence-electron chi connectivity index (χ0n) is 16.8. The molecule has 0 aliphatic carbocycles. The second kappa shape index (κ2) is 10.5. The second-order valence-electron chi connectivity index (χ2n) is 6.49. The second-order valence-corrected chi connectivity index (χ2v) is 6.49. The van der Waals surface area contributed by atoms with E-state index in [0.717, 1.165) is 35.6 Å². The van der Waals surface area contributed by atoms with Crippen LogP contribution in [0.3, 0.4) is 0 Å². The maximum absolute atomic E-state index is 6.17. The van der Waals surface area contributed by atoms with Gasteiger partial charge >= 0.3 is 0 Å². The van der Waals surface area contributed by atoms with Crippen LogP contribution in [-0.4, -0.2) is 20.0 Å². The van der Waals surface area contributed by atoms with Gasteiger partial charge in [-0.25, -0.2) is 0 Å². The molecule has 0 heterocycles. The average Bonchev–Trinajstić information content (AvgIpc) is 2.67. The van der Waals surface area contributed by atoms with E-state index >= 15 is 0 Å². The van der Waals surface area contributed by atoms with Gasteiger partial charge in [0.25, 0.3) is 0 Å². The van der Waals surface area contributed by atoms with Crippen molar-refractivity contribution in [1.29, 1.82) is 0 Å². The van der Waals surface area contributed by atoms with Crippen molar-refractivity contribution in [3.05, 3.63) is 71.3 Å². The number of nitrogens with zero attached hydrogens (tertiary/aromatic N) is 1. The molecule has 2 aromatic carbocycles. The largest absolute Gasteiger partial charge is 0.457 e. The quantitative estimate of drug-likeness (QED) is 0.343. The van der Waals surface area contributed by atoms with Gasteiger partial charge in [-0.15, -0.1) is 6.58 Å². The summed E-state index contributed by atoms with van der Waals surface area (Å²) >= 11 is 0. The lowest BCUT2D eigenvalue weighted by Crippen LogP contribution is -2.09. The fourth-order valence-corrected chi connectivity index (χ4v) is 2.85. The highest BCUT2D eigenvalue weighted by Gasteiger charge is 2.11. The summed E-state index contributed by atoms with van der Waals surface area (Å²) in [7, 11) is 1.71. The van der Waals surface area contributed by atoms with Gasteiger partial charge in [-0.3, -0.25) is 4.99 Å². The molecular formula is C23H30N2O2.